The van der Waals surface area contributed by atoms with Gasteiger partial charge in [0.1, 0.15) is 5.82 Å². The molecular weight excluding hydrogens is 243 g/mol. The summed E-state index contributed by atoms with van der Waals surface area (Å²) < 4.78 is 13.4. The number of hydrogen-bond donors (Lipinski definition) is 2. The van der Waals surface area contributed by atoms with Crippen molar-refractivity contribution in [2.24, 2.45) is 5.73 Å². The van der Waals surface area contributed by atoms with E-state index in [1.807, 2.05) is 13.0 Å². The first-order valence-corrected chi connectivity index (χ1v) is 7.07. The number of piperidine rings is 1. The molecule has 1 aromatic rings. The summed E-state index contributed by atoms with van der Waals surface area (Å²) in [4.78, 5) is 2.37. The lowest BCUT2D eigenvalue weighted by Crippen LogP contribution is -2.45. The molecule has 0 spiro atoms. The van der Waals surface area contributed by atoms with Crippen LogP contribution in [0.3, 0.4) is 0 Å². The average molecular weight is 264 g/mol. The summed E-state index contributed by atoms with van der Waals surface area (Å²) >= 11 is 0. The first-order chi connectivity index (χ1) is 9.06. The number of hydrogen-bond acceptors (Lipinski definition) is 3. The molecule has 104 valence electrons. The van der Waals surface area contributed by atoms with Crippen molar-refractivity contribution in [1.82, 2.24) is 0 Å². The second kappa shape index (κ2) is 4.76. The molecule has 3 rings (SSSR count). The van der Waals surface area contributed by atoms with Crippen molar-refractivity contribution >= 4 is 5.69 Å². The van der Waals surface area contributed by atoms with E-state index in [9.17, 15) is 9.50 Å². The van der Waals surface area contributed by atoms with Crippen molar-refractivity contribution in [2.75, 3.05) is 4.90 Å². The summed E-state index contributed by atoms with van der Waals surface area (Å²) in [5.41, 5.74) is 7.91. The number of halogens is 1. The number of rotatable bonds is 2. The zero-order valence-corrected chi connectivity index (χ0v) is 11.2. The minimum atomic E-state index is -0.236. The van der Waals surface area contributed by atoms with Crippen LogP contribution in [0.5, 0.6) is 0 Å². The molecule has 3 atom stereocenters. The molecule has 4 heteroatoms. The van der Waals surface area contributed by atoms with E-state index in [1.54, 1.807) is 6.07 Å². The zero-order valence-electron chi connectivity index (χ0n) is 11.2. The third kappa shape index (κ3) is 2.23. The molecule has 0 saturated carbocycles. The molecule has 2 saturated heterocycles. The average Bonchev–Trinajstić information content (AvgIpc) is 2.62. The van der Waals surface area contributed by atoms with E-state index in [4.69, 9.17) is 5.73 Å². The fourth-order valence-corrected chi connectivity index (χ4v) is 3.67. The molecule has 3 N–H and O–H groups in total. The van der Waals surface area contributed by atoms with E-state index in [2.05, 4.69) is 4.90 Å². The molecule has 2 heterocycles. The van der Waals surface area contributed by atoms with Gasteiger partial charge in [-0.1, -0.05) is 0 Å². The highest BCUT2D eigenvalue weighted by atomic mass is 19.1. The van der Waals surface area contributed by atoms with Crippen LogP contribution in [0, 0.1) is 5.82 Å². The van der Waals surface area contributed by atoms with Crippen LogP contribution in [-0.2, 0) is 0 Å². The van der Waals surface area contributed by atoms with E-state index in [0.29, 0.717) is 12.1 Å². The van der Waals surface area contributed by atoms with E-state index < -0.39 is 0 Å². The summed E-state index contributed by atoms with van der Waals surface area (Å²) in [6.07, 6.45) is 3.65. The number of aliphatic hydroxyl groups excluding tert-OH is 1. The number of benzene rings is 1. The van der Waals surface area contributed by atoms with Crippen molar-refractivity contribution in [3.8, 4) is 0 Å². The highest BCUT2D eigenvalue weighted by Crippen LogP contribution is 2.41. The van der Waals surface area contributed by atoms with E-state index in [1.165, 1.54) is 6.07 Å². The van der Waals surface area contributed by atoms with Crippen LogP contribution in [0.2, 0.25) is 0 Å². The second-order valence-electron chi connectivity index (χ2n) is 5.91. The fourth-order valence-electron chi connectivity index (χ4n) is 3.67. The third-order valence-electron chi connectivity index (χ3n) is 4.47. The standard InChI is InChI=1S/C15H21FN2O/c1-9(17)14-6-10(16)2-5-15(14)18-11-3-4-12(18)8-13(19)7-11/h2,5-6,9,11-13,19H,3-4,7-8,17H2,1H3. The highest BCUT2D eigenvalue weighted by molar-refractivity contribution is 5.58. The van der Waals surface area contributed by atoms with Gasteiger partial charge in [0.25, 0.3) is 0 Å². The molecule has 0 amide bonds. The normalized spacial score (nSPS) is 31.6. The molecule has 0 aliphatic carbocycles. The van der Waals surface area contributed by atoms with E-state index in [0.717, 1.165) is 36.9 Å². The van der Waals surface area contributed by atoms with Crippen molar-refractivity contribution < 1.29 is 9.50 Å². The van der Waals surface area contributed by atoms with Crippen molar-refractivity contribution in [3.05, 3.63) is 29.6 Å². The van der Waals surface area contributed by atoms with Crippen LogP contribution < -0.4 is 10.6 Å². The summed E-state index contributed by atoms with van der Waals surface area (Å²) in [6, 6.07) is 5.46. The number of nitrogens with zero attached hydrogens (tertiary/aromatic N) is 1. The van der Waals surface area contributed by atoms with Crippen LogP contribution >= 0.6 is 0 Å². The topological polar surface area (TPSA) is 49.5 Å². The Kier molecular flexibility index (Phi) is 3.23. The Labute approximate surface area is 113 Å². The zero-order chi connectivity index (χ0) is 13.6. The van der Waals surface area contributed by atoms with Crippen LogP contribution in [0.4, 0.5) is 10.1 Å². The molecule has 2 aliphatic rings. The number of aliphatic hydroxyl groups is 1. The van der Waals surface area contributed by atoms with Crippen molar-refractivity contribution in [3.63, 3.8) is 0 Å². The Balaban J connectivity index is 1.99. The number of fused-ring (bicyclic) bond motifs is 2. The molecule has 3 unspecified atom stereocenters. The predicted molar refractivity (Wildman–Crippen MR) is 73.5 cm³/mol. The minimum absolute atomic E-state index is 0.183. The monoisotopic (exact) mass is 264 g/mol. The third-order valence-corrected chi connectivity index (χ3v) is 4.47. The number of nitrogens with two attached hydrogens (primary N) is 1. The van der Waals surface area contributed by atoms with Crippen molar-refractivity contribution in [1.29, 1.82) is 0 Å². The molecule has 0 radical (unpaired) electrons. The first-order valence-electron chi connectivity index (χ1n) is 7.07. The maximum absolute atomic E-state index is 13.4. The lowest BCUT2D eigenvalue weighted by molar-refractivity contribution is 0.126. The summed E-state index contributed by atoms with van der Waals surface area (Å²) in [6.45, 7) is 1.89. The first kappa shape index (κ1) is 12.9. The fraction of sp³-hybridized carbons (Fsp3) is 0.600. The quantitative estimate of drug-likeness (QED) is 0.862. The van der Waals surface area contributed by atoms with Gasteiger partial charge in [0, 0.05) is 23.8 Å². The Morgan fingerprint density at radius 2 is 1.95 bits per heavy atom. The van der Waals surface area contributed by atoms with E-state index in [-0.39, 0.29) is 18.0 Å². The van der Waals surface area contributed by atoms with Gasteiger partial charge in [-0.3, -0.25) is 0 Å². The van der Waals surface area contributed by atoms with Gasteiger partial charge >= 0.3 is 0 Å². The van der Waals surface area contributed by atoms with E-state index >= 15 is 0 Å². The maximum atomic E-state index is 13.4. The van der Waals surface area contributed by atoms with Gasteiger partial charge in [0.05, 0.1) is 6.10 Å². The maximum Gasteiger partial charge on any atom is 0.123 e. The van der Waals surface area contributed by atoms with Crippen molar-refractivity contribution in [2.45, 2.75) is 56.8 Å². The molecule has 2 bridgehead atoms. The van der Waals surface area contributed by atoms with Crippen LogP contribution in [0.1, 0.15) is 44.2 Å². The SMILES string of the molecule is CC(N)c1cc(F)ccc1N1C2CCC1CC(O)C2. The lowest BCUT2D eigenvalue weighted by atomic mass is 9.96. The van der Waals surface area contributed by atoms with Gasteiger partial charge in [-0.2, -0.15) is 0 Å². The lowest BCUT2D eigenvalue weighted by Gasteiger charge is -2.40. The minimum Gasteiger partial charge on any atom is -0.393 e. The Morgan fingerprint density at radius 3 is 2.53 bits per heavy atom. The molecule has 2 fully saturated rings. The Bertz CT molecular complexity index is 463. The predicted octanol–water partition coefficient (Wildman–Crippen LogP) is 2.34. The molecular formula is C15H21FN2O. The van der Waals surface area contributed by atoms with Gasteiger partial charge in [-0.05, 0) is 56.4 Å². The molecule has 2 aliphatic heterocycles. The van der Waals surface area contributed by atoms with Gasteiger partial charge in [0.15, 0.2) is 0 Å². The Morgan fingerprint density at radius 1 is 1.32 bits per heavy atom. The van der Waals surface area contributed by atoms with Crippen LogP contribution in [0.15, 0.2) is 18.2 Å². The smallest absolute Gasteiger partial charge is 0.123 e. The van der Waals surface area contributed by atoms with Gasteiger partial charge < -0.3 is 15.7 Å². The summed E-state index contributed by atoms with van der Waals surface area (Å²) in [7, 11) is 0. The molecule has 0 aromatic heterocycles. The molecule has 1 aromatic carbocycles. The summed E-state index contributed by atoms with van der Waals surface area (Å²) in [5.74, 6) is -0.236. The molecule has 19 heavy (non-hydrogen) atoms. The van der Waals surface area contributed by atoms with Gasteiger partial charge in [0.2, 0.25) is 0 Å². The second-order valence-corrected chi connectivity index (χ2v) is 5.91. The summed E-state index contributed by atoms with van der Waals surface area (Å²) in [5, 5.41) is 9.87. The Hall–Kier alpha value is -1.13. The van der Waals surface area contributed by atoms with Crippen LogP contribution in [-0.4, -0.2) is 23.3 Å². The van der Waals surface area contributed by atoms with Gasteiger partial charge in [-0.15, -0.1) is 0 Å². The van der Waals surface area contributed by atoms with Gasteiger partial charge in [-0.25, -0.2) is 4.39 Å². The largest absolute Gasteiger partial charge is 0.393 e. The van der Waals surface area contributed by atoms with Crippen LogP contribution in [0.25, 0.3) is 0 Å². The molecule has 3 nitrogen and oxygen atoms in total. The highest BCUT2D eigenvalue weighted by Gasteiger charge is 2.41. The number of anilines is 1.